The number of carboxylic acids is 1. The zero-order chi connectivity index (χ0) is 23.0. The maximum Gasteiger partial charge on any atom is 0.335 e. The Hall–Kier alpha value is -3.46. The maximum absolute atomic E-state index is 13.1. The van der Waals surface area contributed by atoms with Gasteiger partial charge in [-0.15, -0.1) is 0 Å². The van der Waals surface area contributed by atoms with Crippen LogP contribution in [0, 0.1) is 0 Å². The standard InChI is InChI=1S/C22H12Cl2N2O5S/c23-12-4-6-15(17(24)9-12)18-7-5-14(31-18)10-16-19(27)25-22(32)26(20(16)28)13-3-1-2-11(8-13)21(29)30/h1-10H,(H,29,30)(H,25,27,32). The molecule has 1 saturated heterocycles. The monoisotopic (exact) mass is 486 g/mol. The van der Waals surface area contributed by atoms with Gasteiger partial charge in [0.1, 0.15) is 17.1 Å². The minimum Gasteiger partial charge on any atom is -0.478 e. The van der Waals surface area contributed by atoms with Crippen molar-refractivity contribution >= 4 is 70.1 Å². The first kappa shape index (κ1) is 21.8. The zero-order valence-electron chi connectivity index (χ0n) is 16.0. The van der Waals surface area contributed by atoms with Crippen LogP contribution in [0.1, 0.15) is 16.1 Å². The number of anilines is 1. The summed E-state index contributed by atoms with van der Waals surface area (Å²) in [4.78, 5) is 37.9. The van der Waals surface area contributed by atoms with Gasteiger partial charge in [0.2, 0.25) is 0 Å². The molecule has 0 saturated carbocycles. The number of nitrogens with one attached hydrogen (secondary N) is 1. The van der Waals surface area contributed by atoms with E-state index in [1.54, 1.807) is 30.3 Å². The van der Waals surface area contributed by atoms with Crippen molar-refractivity contribution in [3.8, 4) is 11.3 Å². The molecular formula is C22H12Cl2N2O5S. The second-order valence-electron chi connectivity index (χ2n) is 6.64. The summed E-state index contributed by atoms with van der Waals surface area (Å²) >= 11 is 17.3. The Bertz CT molecular complexity index is 1330. The highest BCUT2D eigenvalue weighted by atomic mass is 35.5. The molecule has 10 heteroatoms. The summed E-state index contributed by atoms with van der Waals surface area (Å²) in [6.45, 7) is 0. The van der Waals surface area contributed by atoms with Crippen molar-refractivity contribution in [2.45, 2.75) is 0 Å². The number of rotatable bonds is 4. The van der Waals surface area contributed by atoms with Crippen LogP contribution in [0.5, 0.6) is 0 Å². The van der Waals surface area contributed by atoms with Crippen molar-refractivity contribution in [3.63, 3.8) is 0 Å². The fourth-order valence-electron chi connectivity index (χ4n) is 3.08. The second-order valence-corrected chi connectivity index (χ2v) is 7.87. The largest absolute Gasteiger partial charge is 0.478 e. The van der Waals surface area contributed by atoms with Crippen LogP contribution in [0.15, 0.2) is 64.6 Å². The number of carbonyl (C=O) groups excluding carboxylic acids is 2. The summed E-state index contributed by atoms with van der Waals surface area (Å²) in [5.41, 5.74) is 0.533. The molecule has 0 spiro atoms. The van der Waals surface area contributed by atoms with Crippen LogP contribution in [0.4, 0.5) is 5.69 Å². The average molecular weight is 487 g/mol. The molecule has 2 heterocycles. The van der Waals surface area contributed by atoms with E-state index in [-0.39, 0.29) is 27.7 Å². The molecule has 0 bridgehead atoms. The van der Waals surface area contributed by atoms with E-state index in [0.717, 1.165) is 4.90 Å². The molecular weight excluding hydrogens is 475 g/mol. The Kier molecular flexibility index (Phi) is 5.84. The quantitative estimate of drug-likeness (QED) is 0.312. The highest BCUT2D eigenvalue weighted by Gasteiger charge is 2.35. The molecule has 2 aromatic carbocycles. The summed E-state index contributed by atoms with van der Waals surface area (Å²) in [6, 6.07) is 13.8. The number of hydrogen-bond acceptors (Lipinski definition) is 5. The summed E-state index contributed by atoms with van der Waals surface area (Å²) in [6.07, 6.45) is 1.28. The number of carbonyl (C=O) groups is 3. The Morgan fingerprint density at radius 2 is 1.88 bits per heavy atom. The number of amides is 2. The Labute approximate surface area is 196 Å². The number of halogens is 2. The lowest BCUT2D eigenvalue weighted by Gasteiger charge is -2.28. The minimum atomic E-state index is -1.16. The number of carboxylic acid groups (broad SMARTS) is 1. The Morgan fingerprint density at radius 1 is 1.09 bits per heavy atom. The number of nitrogens with zero attached hydrogens (tertiary/aromatic N) is 1. The molecule has 0 radical (unpaired) electrons. The van der Waals surface area contributed by atoms with Gasteiger partial charge in [0, 0.05) is 10.6 Å². The van der Waals surface area contributed by atoms with Gasteiger partial charge in [-0.2, -0.15) is 0 Å². The van der Waals surface area contributed by atoms with Crippen LogP contribution in [-0.2, 0) is 9.59 Å². The summed E-state index contributed by atoms with van der Waals surface area (Å²) in [5.74, 6) is -1.93. The number of furan rings is 1. The number of hydrogen-bond donors (Lipinski definition) is 2. The van der Waals surface area contributed by atoms with Crippen molar-refractivity contribution in [3.05, 3.63) is 81.5 Å². The topological polar surface area (TPSA) is 99.9 Å². The first-order valence-electron chi connectivity index (χ1n) is 9.04. The predicted octanol–water partition coefficient (Wildman–Crippen LogP) is 4.78. The number of thiocarbonyl (C=S) groups is 1. The molecule has 0 unspecified atom stereocenters. The third-order valence-electron chi connectivity index (χ3n) is 4.56. The highest BCUT2D eigenvalue weighted by Crippen LogP contribution is 2.32. The van der Waals surface area contributed by atoms with E-state index in [9.17, 15) is 19.5 Å². The molecule has 1 aliphatic rings. The van der Waals surface area contributed by atoms with Crippen LogP contribution >= 0.6 is 35.4 Å². The van der Waals surface area contributed by atoms with Crippen molar-refractivity contribution < 1.29 is 23.9 Å². The van der Waals surface area contributed by atoms with Gasteiger partial charge in [-0.3, -0.25) is 19.8 Å². The van der Waals surface area contributed by atoms with Gasteiger partial charge in [-0.05, 0) is 66.8 Å². The smallest absolute Gasteiger partial charge is 0.335 e. The van der Waals surface area contributed by atoms with E-state index >= 15 is 0 Å². The maximum atomic E-state index is 13.1. The van der Waals surface area contributed by atoms with Crippen molar-refractivity contribution in [1.82, 2.24) is 5.32 Å². The fourth-order valence-corrected chi connectivity index (χ4v) is 3.86. The SMILES string of the molecule is O=C1NC(=S)N(c2cccc(C(=O)O)c2)C(=O)C1=Cc1ccc(-c2ccc(Cl)cc2Cl)o1. The minimum absolute atomic E-state index is 0.0314. The van der Waals surface area contributed by atoms with E-state index < -0.39 is 17.8 Å². The van der Waals surface area contributed by atoms with Gasteiger partial charge >= 0.3 is 5.97 Å². The van der Waals surface area contributed by atoms with Crippen molar-refractivity contribution in [2.75, 3.05) is 4.90 Å². The van der Waals surface area contributed by atoms with Crippen LogP contribution < -0.4 is 10.2 Å². The summed E-state index contributed by atoms with van der Waals surface area (Å²) in [5, 5.41) is 12.3. The first-order valence-corrected chi connectivity index (χ1v) is 10.2. The van der Waals surface area contributed by atoms with Gasteiger partial charge in [0.25, 0.3) is 11.8 Å². The summed E-state index contributed by atoms with van der Waals surface area (Å²) in [7, 11) is 0. The average Bonchev–Trinajstić information content (AvgIpc) is 3.19. The van der Waals surface area contributed by atoms with Crippen LogP contribution in [0.3, 0.4) is 0 Å². The van der Waals surface area contributed by atoms with E-state index in [2.05, 4.69) is 5.32 Å². The Morgan fingerprint density at radius 3 is 2.59 bits per heavy atom. The zero-order valence-corrected chi connectivity index (χ0v) is 18.3. The highest BCUT2D eigenvalue weighted by molar-refractivity contribution is 7.80. The molecule has 2 N–H and O–H groups in total. The van der Waals surface area contributed by atoms with E-state index in [0.29, 0.717) is 21.4 Å². The molecule has 32 heavy (non-hydrogen) atoms. The molecule has 3 aromatic rings. The molecule has 1 fully saturated rings. The third-order valence-corrected chi connectivity index (χ3v) is 5.40. The van der Waals surface area contributed by atoms with Crippen LogP contribution in [-0.4, -0.2) is 28.0 Å². The predicted molar refractivity (Wildman–Crippen MR) is 124 cm³/mol. The van der Waals surface area contributed by atoms with Gasteiger partial charge in [0.15, 0.2) is 5.11 Å². The lowest BCUT2D eigenvalue weighted by molar-refractivity contribution is -0.122. The Balaban J connectivity index is 1.69. The van der Waals surface area contributed by atoms with E-state index in [4.69, 9.17) is 39.8 Å². The normalized spacial score (nSPS) is 15.2. The van der Waals surface area contributed by atoms with E-state index in [1.165, 1.54) is 30.3 Å². The molecule has 7 nitrogen and oxygen atoms in total. The lowest BCUT2D eigenvalue weighted by Crippen LogP contribution is -2.54. The molecule has 0 aliphatic carbocycles. The van der Waals surface area contributed by atoms with Gasteiger partial charge in [-0.1, -0.05) is 29.3 Å². The molecule has 4 rings (SSSR count). The number of aromatic carboxylic acids is 1. The van der Waals surface area contributed by atoms with E-state index in [1.807, 2.05) is 0 Å². The third kappa shape index (κ3) is 4.16. The fraction of sp³-hybridized carbons (Fsp3) is 0. The number of benzene rings is 2. The van der Waals surface area contributed by atoms with Crippen molar-refractivity contribution in [2.24, 2.45) is 0 Å². The van der Waals surface area contributed by atoms with Crippen LogP contribution in [0.25, 0.3) is 17.4 Å². The lowest BCUT2D eigenvalue weighted by atomic mass is 10.1. The molecule has 1 aromatic heterocycles. The second kappa shape index (κ2) is 8.58. The molecule has 0 atom stereocenters. The van der Waals surface area contributed by atoms with Gasteiger partial charge in [-0.25, -0.2) is 4.79 Å². The van der Waals surface area contributed by atoms with Crippen LogP contribution in [0.2, 0.25) is 10.0 Å². The van der Waals surface area contributed by atoms with Crippen molar-refractivity contribution in [1.29, 1.82) is 0 Å². The first-order chi connectivity index (χ1) is 15.2. The van der Waals surface area contributed by atoms with Gasteiger partial charge < -0.3 is 9.52 Å². The molecule has 1 aliphatic heterocycles. The molecule has 2 amide bonds. The summed E-state index contributed by atoms with van der Waals surface area (Å²) < 4.78 is 5.74. The molecule has 160 valence electrons. The van der Waals surface area contributed by atoms with Gasteiger partial charge in [0.05, 0.1) is 16.3 Å².